The van der Waals surface area contributed by atoms with Crippen molar-refractivity contribution in [1.82, 2.24) is 9.62 Å². The molecule has 27 heavy (non-hydrogen) atoms. The van der Waals surface area contributed by atoms with Crippen LogP contribution in [0.2, 0.25) is 5.02 Å². The second-order valence-corrected chi connectivity index (χ2v) is 9.87. The van der Waals surface area contributed by atoms with Crippen LogP contribution in [0.5, 0.6) is 0 Å². The molecule has 1 amide bonds. The molecule has 5 nitrogen and oxygen atoms in total. The summed E-state index contributed by atoms with van der Waals surface area (Å²) in [5.74, 6) is -0.496. The van der Waals surface area contributed by atoms with Gasteiger partial charge >= 0.3 is 6.18 Å². The lowest BCUT2D eigenvalue weighted by Gasteiger charge is -2.32. The molecule has 1 saturated heterocycles. The van der Waals surface area contributed by atoms with Crippen molar-refractivity contribution in [3.63, 3.8) is 0 Å². The predicted octanol–water partition coefficient (Wildman–Crippen LogP) is 3.67. The van der Waals surface area contributed by atoms with E-state index in [1.807, 2.05) is 20.8 Å². The molecule has 0 spiro atoms. The Labute approximate surface area is 161 Å². The number of halogens is 4. The number of nitrogens with one attached hydrogen (secondary N) is 1. The van der Waals surface area contributed by atoms with Crippen LogP contribution in [-0.2, 0) is 21.0 Å². The number of piperidine rings is 1. The number of hydrogen-bond donors (Lipinski definition) is 1. The average molecular weight is 427 g/mol. The van der Waals surface area contributed by atoms with Gasteiger partial charge in [0.05, 0.1) is 10.6 Å². The number of carbonyl (C=O) groups excluding carboxylic acids is 1. The Morgan fingerprint density at radius 2 is 1.74 bits per heavy atom. The SMILES string of the molecule is CC(C)(C)NC(=O)C1CCN(S(=O)(=O)c2cc(C(F)(F)F)ccc2Cl)CC1. The smallest absolute Gasteiger partial charge is 0.351 e. The Bertz CT molecular complexity index is 812. The molecule has 2 rings (SSSR count). The predicted molar refractivity (Wildman–Crippen MR) is 95.8 cm³/mol. The highest BCUT2D eigenvalue weighted by Crippen LogP contribution is 2.35. The van der Waals surface area contributed by atoms with Crippen molar-refractivity contribution in [2.75, 3.05) is 13.1 Å². The van der Waals surface area contributed by atoms with Crippen LogP contribution in [0.15, 0.2) is 23.1 Å². The van der Waals surface area contributed by atoms with Gasteiger partial charge in [-0.05, 0) is 51.8 Å². The van der Waals surface area contributed by atoms with Crippen LogP contribution in [0.4, 0.5) is 13.2 Å². The van der Waals surface area contributed by atoms with Gasteiger partial charge in [0.2, 0.25) is 15.9 Å². The third-order valence-corrected chi connectivity index (χ3v) is 6.58. The minimum absolute atomic E-state index is 0.0388. The lowest BCUT2D eigenvalue weighted by Crippen LogP contribution is -2.47. The first kappa shape index (κ1) is 22.0. The molecule has 1 aliphatic rings. The summed E-state index contributed by atoms with van der Waals surface area (Å²) in [6.07, 6.45) is -4.09. The van der Waals surface area contributed by atoms with E-state index in [2.05, 4.69) is 5.32 Å². The van der Waals surface area contributed by atoms with Gasteiger partial charge in [-0.25, -0.2) is 8.42 Å². The van der Waals surface area contributed by atoms with Gasteiger partial charge in [-0.2, -0.15) is 17.5 Å². The molecule has 1 aromatic rings. The van der Waals surface area contributed by atoms with Crippen LogP contribution in [0, 0.1) is 5.92 Å². The van der Waals surface area contributed by atoms with Crippen LogP contribution in [-0.4, -0.2) is 37.3 Å². The van der Waals surface area contributed by atoms with E-state index >= 15 is 0 Å². The third-order valence-electron chi connectivity index (χ3n) is 4.20. The Kier molecular flexibility index (Phi) is 6.18. The molecule has 1 heterocycles. The summed E-state index contributed by atoms with van der Waals surface area (Å²) in [7, 11) is -4.19. The second-order valence-electron chi connectivity index (χ2n) is 7.56. The molecular weight excluding hydrogens is 405 g/mol. The number of sulfonamides is 1. The van der Waals surface area contributed by atoms with Crippen LogP contribution >= 0.6 is 11.6 Å². The van der Waals surface area contributed by atoms with E-state index in [1.165, 1.54) is 0 Å². The van der Waals surface area contributed by atoms with E-state index in [-0.39, 0.29) is 42.8 Å². The lowest BCUT2D eigenvalue weighted by atomic mass is 9.96. The van der Waals surface area contributed by atoms with Crippen molar-refractivity contribution < 1.29 is 26.4 Å². The zero-order chi connectivity index (χ0) is 20.6. The minimum Gasteiger partial charge on any atom is -0.351 e. The summed E-state index contributed by atoms with van der Waals surface area (Å²) in [5, 5.41) is 2.59. The van der Waals surface area contributed by atoms with E-state index < -0.39 is 32.2 Å². The largest absolute Gasteiger partial charge is 0.416 e. The number of benzene rings is 1. The fourth-order valence-electron chi connectivity index (χ4n) is 2.85. The van der Waals surface area contributed by atoms with E-state index in [4.69, 9.17) is 11.6 Å². The topological polar surface area (TPSA) is 66.5 Å². The Hall–Kier alpha value is -1.32. The molecule has 0 aromatic heterocycles. The van der Waals surface area contributed by atoms with Crippen LogP contribution in [0.25, 0.3) is 0 Å². The van der Waals surface area contributed by atoms with Crippen molar-refractivity contribution >= 4 is 27.5 Å². The summed E-state index contributed by atoms with van der Waals surface area (Å²) in [6.45, 7) is 5.62. The molecule has 1 fully saturated rings. The standard InChI is InChI=1S/C17H22ClF3N2O3S/c1-16(2,3)22-15(24)11-6-8-23(9-7-11)27(25,26)14-10-12(17(19,20)21)4-5-13(14)18/h4-5,10-11H,6-9H2,1-3H3,(H,22,24). The van der Waals surface area contributed by atoms with Crippen molar-refractivity contribution in [3.05, 3.63) is 28.8 Å². The summed E-state index contributed by atoms with van der Waals surface area (Å²) < 4.78 is 65.3. The molecule has 0 atom stereocenters. The van der Waals surface area contributed by atoms with Crippen molar-refractivity contribution in [1.29, 1.82) is 0 Å². The molecule has 1 aromatic carbocycles. The average Bonchev–Trinajstić information content (AvgIpc) is 2.52. The zero-order valence-corrected chi connectivity index (χ0v) is 16.8. The van der Waals surface area contributed by atoms with Crippen LogP contribution < -0.4 is 5.32 Å². The molecule has 1 aliphatic heterocycles. The summed E-state index contributed by atoms with van der Waals surface area (Å²) in [5.41, 5.74) is -1.48. The Morgan fingerprint density at radius 1 is 1.19 bits per heavy atom. The van der Waals surface area contributed by atoms with Gasteiger partial charge in [0.25, 0.3) is 0 Å². The second kappa shape index (κ2) is 7.60. The first-order valence-corrected chi connectivity index (χ1v) is 10.2. The number of hydrogen-bond acceptors (Lipinski definition) is 3. The lowest BCUT2D eigenvalue weighted by molar-refractivity contribution is -0.137. The molecule has 0 saturated carbocycles. The monoisotopic (exact) mass is 426 g/mol. The molecule has 10 heteroatoms. The molecule has 1 N–H and O–H groups in total. The van der Waals surface area contributed by atoms with Gasteiger partial charge in [0, 0.05) is 24.5 Å². The van der Waals surface area contributed by atoms with Gasteiger partial charge in [-0.15, -0.1) is 0 Å². The highest BCUT2D eigenvalue weighted by atomic mass is 35.5. The third kappa shape index (κ3) is 5.36. The summed E-state index contributed by atoms with van der Waals surface area (Å²) >= 11 is 5.86. The van der Waals surface area contributed by atoms with Crippen molar-refractivity contribution in [3.8, 4) is 0 Å². The maximum Gasteiger partial charge on any atom is 0.416 e. The number of carbonyl (C=O) groups is 1. The van der Waals surface area contributed by atoms with Crippen LogP contribution in [0.3, 0.4) is 0 Å². The van der Waals surface area contributed by atoms with Gasteiger partial charge < -0.3 is 5.32 Å². The highest BCUT2D eigenvalue weighted by molar-refractivity contribution is 7.89. The summed E-state index contributed by atoms with van der Waals surface area (Å²) in [4.78, 5) is 11.7. The molecule has 0 radical (unpaired) electrons. The molecular formula is C17H22ClF3N2O3S. The van der Waals surface area contributed by atoms with E-state index in [9.17, 15) is 26.4 Å². The fourth-order valence-corrected chi connectivity index (χ4v) is 4.82. The Morgan fingerprint density at radius 3 is 2.22 bits per heavy atom. The number of nitrogens with zero attached hydrogens (tertiary/aromatic N) is 1. The fraction of sp³-hybridized carbons (Fsp3) is 0.588. The maximum absolute atomic E-state index is 12.9. The van der Waals surface area contributed by atoms with Gasteiger partial charge in [-0.3, -0.25) is 4.79 Å². The molecule has 0 aliphatic carbocycles. The van der Waals surface area contributed by atoms with Crippen LogP contribution in [0.1, 0.15) is 39.2 Å². The Balaban J connectivity index is 2.17. The highest BCUT2D eigenvalue weighted by Gasteiger charge is 2.36. The van der Waals surface area contributed by atoms with Crippen molar-refractivity contribution in [2.24, 2.45) is 5.92 Å². The van der Waals surface area contributed by atoms with Gasteiger partial charge in [-0.1, -0.05) is 11.6 Å². The normalized spacial score (nSPS) is 17.7. The molecule has 0 unspecified atom stereocenters. The molecule has 152 valence electrons. The first-order chi connectivity index (χ1) is 12.2. The number of rotatable bonds is 3. The molecule has 0 bridgehead atoms. The first-order valence-electron chi connectivity index (χ1n) is 8.41. The quantitative estimate of drug-likeness (QED) is 0.801. The van der Waals surface area contributed by atoms with E-state index in [0.717, 1.165) is 16.4 Å². The van der Waals surface area contributed by atoms with Gasteiger partial charge in [0.1, 0.15) is 4.90 Å². The number of alkyl halides is 3. The van der Waals surface area contributed by atoms with E-state index in [0.29, 0.717) is 6.07 Å². The van der Waals surface area contributed by atoms with E-state index in [1.54, 1.807) is 0 Å². The maximum atomic E-state index is 12.9. The summed E-state index contributed by atoms with van der Waals surface area (Å²) in [6, 6.07) is 2.22. The number of amides is 1. The van der Waals surface area contributed by atoms with Gasteiger partial charge in [0.15, 0.2) is 0 Å². The zero-order valence-electron chi connectivity index (χ0n) is 15.2. The van der Waals surface area contributed by atoms with Crippen molar-refractivity contribution in [2.45, 2.75) is 50.2 Å². The minimum atomic E-state index is -4.67.